The van der Waals surface area contributed by atoms with E-state index in [1.807, 2.05) is 0 Å². The van der Waals surface area contributed by atoms with E-state index in [1.54, 1.807) is 0 Å². The summed E-state index contributed by atoms with van der Waals surface area (Å²) in [5, 5.41) is 9.31. The Hall–Kier alpha value is -1.60. The largest absolute Gasteiger partial charge is 0.353 e. The number of aromatic nitrogens is 1. The predicted octanol–water partition coefficient (Wildman–Crippen LogP) is 1.19. The molecule has 0 saturated carbocycles. The lowest BCUT2D eigenvalue weighted by atomic mass is 10.1. The van der Waals surface area contributed by atoms with Gasteiger partial charge in [0, 0.05) is 31.9 Å². The summed E-state index contributed by atoms with van der Waals surface area (Å²) in [7, 11) is 2.14. The quantitative estimate of drug-likeness (QED) is 0.742. The van der Waals surface area contributed by atoms with Crippen LogP contribution in [0.1, 0.15) is 23.2 Å². The molecule has 0 unspecified atom stereocenters. The molecule has 1 saturated heterocycles. The van der Waals surface area contributed by atoms with Crippen molar-refractivity contribution in [3.63, 3.8) is 0 Å². The third-order valence-electron chi connectivity index (χ3n) is 3.95. The van der Waals surface area contributed by atoms with Crippen molar-refractivity contribution in [1.29, 1.82) is 5.26 Å². The number of rotatable bonds is 1. The van der Waals surface area contributed by atoms with Gasteiger partial charge in [-0.25, -0.2) is 4.98 Å². The Kier molecular flexibility index (Phi) is 2.92. The number of fused-ring (bicyclic) bond motifs is 1. The fraction of sp³-hybridized carbons (Fsp3) is 0.571. The molecular weight excluding hydrogens is 224 g/mol. The van der Waals surface area contributed by atoms with E-state index in [0.717, 1.165) is 50.4 Å². The summed E-state index contributed by atoms with van der Waals surface area (Å²) >= 11 is 0. The van der Waals surface area contributed by atoms with Gasteiger partial charge in [-0.1, -0.05) is 0 Å². The molecule has 0 atom stereocenters. The minimum atomic E-state index is 0.750. The van der Waals surface area contributed by atoms with Crippen LogP contribution < -0.4 is 4.90 Å². The van der Waals surface area contributed by atoms with Crippen LogP contribution in [0.25, 0.3) is 0 Å². The van der Waals surface area contributed by atoms with Crippen molar-refractivity contribution in [3.8, 4) is 6.07 Å². The third kappa shape index (κ3) is 1.95. The number of piperazine rings is 1. The summed E-state index contributed by atoms with van der Waals surface area (Å²) in [6.07, 6.45) is 3.33. The smallest absolute Gasteiger partial charge is 0.146 e. The van der Waals surface area contributed by atoms with Gasteiger partial charge in [-0.2, -0.15) is 5.26 Å². The zero-order chi connectivity index (χ0) is 12.5. The summed E-state index contributed by atoms with van der Waals surface area (Å²) in [6.45, 7) is 4.03. The van der Waals surface area contributed by atoms with Crippen LogP contribution in [0.5, 0.6) is 0 Å². The molecule has 1 aliphatic heterocycles. The van der Waals surface area contributed by atoms with Gasteiger partial charge >= 0.3 is 0 Å². The average Bonchev–Trinajstić information content (AvgIpc) is 2.85. The molecule has 2 heterocycles. The maximum atomic E-state index is 9.31. The van der Waals surface area contributed by atoms with Crippen molar-refractivity contribution >= 4 is 5.82 Å². The van der Waals surface area contributed by atoms with Crippen LogP contribution in [-0.2, 0) is 12.8 Å². The van der Waals surface area contributed by atoms with Crippen LogP contribution in [0, 0.1) is 11.3 Å². The molecule has 2 aliphatic rings. The summed E-state index contributed by atoms with van der Waals surface area (Å²) in [5.74, 6) is 0.909. The summed E-state index contributed by atoms with van der Waals surface area (Å²) in [6, 6.07) is 4.37. The molecule has 4 nitrogen and oxygen atoms in total. The summed E-state index contributed by atoms with van der Waals surface area (Å²) in [5.41, 5.74) is 3.24. The monoisotopic (exact) mass is 242 g/mol. The molecule has 0 bridgehead atoms. The molecule has 1 aliphatic carbocycles. The Morgan fingerprint density at radius 2 is 2.00 bits per heavy atom. The lowest BCUT2D eigenvalue weighted by molar-refractivity contribution is 0.312. The minimum Gasteiger partial charge on any atom is -0.353 e. The number of hydrogen-bond donors (Lipinski definition) is 0. The van der Waals surface area contributed by atoms with Gasteiger partial charge in [-0.15, -0.1) is 0 Å². The number of pyridine rings is 1. The minimum absolute atomic E-state index is 0.750. The molecule has 0 amide bonds. The van der Waals surface area contributed by atoms with Crippen molar-refractivity contribution < 1.29 is 0 Å². The first-order valence-electron chi connectivity index (χ1n) is 6.64. The topological polar surface area (TPSA) is 43.2 Å². The van der Waals surface area contributed by atoms with Gasteiger partial charge in [-0.3, -0.25) is 0 Å². The van der Waals surface area contributed by atoms with Crippen LogP contribution in [0.4, 0.5) is 5.82 Å². The molecule has 1 aromatic rings. The second-order valence-corrected chi connectivity index (χ2v) is 5.22. The Morgan fingerprint density at radius 3 is 2.72 bits per heavy atom. The van der Waals surface area contributed by atoms with Crippen molar-refractivity contribution in [3.05, 3.63) is 22.9 Å². The van der Waals surface area contributed by atoms with E-state index >= 15 is 0 Å². The molecule has 0 spiro atoms. The number of nitrogens with zero attached hydrogens (tertiary/aromatic N) is 4. The van der Waals surface area contributed by atoms with E-state index in [0.29, 0.717) is 0 Å². The lowest BCUT2D eigenvalue weighted by Crippen LogP contribution is -2.45. The first-order valence-corrected chi connectivity index (χ1v) is 6.64. The second kappa shape index (κ2) is 4.58. The van der Waals surface area contributed by atoms with Crippen molar-refractivity contribution in [2.75, 3.05) is 38.1 Å². The summed E-state index contributed by atoms with van der Waals surface area (Å²) in [4.78, 5) is 9.33. The highest BCUT2D eigenvalue weighted by atomic mass is 15.3. The number of hydrogen-bond acceptors (Lipinski definition) is 4. The Bertz CT molecular complexity index is 495. The van der Waals surface area contributed by atoms with E-state index in [9.17, 15) is 5.26 Å². The highest BCUT2D eigenvalue weighted by Gasteiger charge is 2.22. The molecule has 94 valence electrons. The van der Waals surface area contributed by atoms with Crippen LogP contribution >= 0.6 is 0 Å². The van der Waals surface area contributed by atoms with Gasteiger partial charge in [0.2, 0.25) is 0 Å². The number of nitriles is 1. The van der Waals surface area contributed by atoms with Crippen molar-refractivity contribution in [1.82, 2.24) is 9.88 Å². The summed E-state index contributed by atoms with van der Waals surface area (Å²) < 4.78 is 0. The van der Waals surface area contributed by atoms with Crippen LogP contribution in [-0.4, -0.2) is 43.1 Å². The van der Waals surface area contributed by atoms with E-state index in [-0.39, 0.29) is 0 Å². The van der Waals surface area contributed by atoms with Gasteiger partial charge < -0.3 is 9.80 Å². The maximum Gasteiger partial charge on any atom is 0.146 e. The zero-order valence-electron chi connectivity index (χ0n) is 10.8. The third-order valence-corrected chi connectivity index (χ3v) is 3.95. The van der Waals surface area contributed by atoms with Gasteiger partial charge in [0.25, 0.3) is 0 Å². The Balaban J connectivity index is 1.94. The average molecular weight is 242 g/mol. The predicted molar refractivity (Wildman–Crippen MR) is 70.7 cm³/mol. The van der Waals surface area contributed by atoms with E-state index < -0.39 is 0 Å². The van der Waals surface area contributed by atoms with Crippen LogP contribution in [0.15, 0.2) is 6.07 Å². The van der Waals surface area contributed by atoms with Crippen LogP contribution in [0.3, 0.4) is 0 Å². The molecule has 0 radical (unpaired) electrons. The SMILES string of the molecule is CN1CCN(c2nc3c(cc2C#N)CCC3)CC1. The normalized spacial score (nSPS) is 19.7. The van der Waals surface area contributed by atoms with Gasteiger partial charge in [0.1, 0.15) is 11.9 Å². The fourth-order valence-electron chi connectivity index (χ4n) is 2.80. The lowest BCUT2D eigenvalue weighted by Gasteiger charge is -2.33. The van der Waals surface area contributed by atoms with Crippen LogP contribution in [0.2, 0.25) is 0 Å². The highest BCUT2D eigenvalue weighted by molar-refractivity contribution is 5.57. The number of likely N-dealkylation sites (N-methyl/N-ethyl adjacent to an activating group) is 1. The molecule has 1 fully saturated rings. The Labute approximate surface area is 108 Å². The molecule has 4 heteroatoms. The second-order valence-electron chi connectivity index (χ2n) is 5.22. The molecule has 0 N–H and O–H groups in total. The fourth-order valence-corrected chi connectivity index (χ4v) is 2.80. The number of aryl methyl sites for hydroxylation is 2. The van der Waals surface area contributed by atoms with E-state index in [1.165, 1.54) is 17.7 Å². The van der Waals surface area contributed by atoms with Gasteiger partial charge in [0.05, 0.1) is 5.56 Å². The van der Waals surface area contributed by atoms with E-state index in [4.69, 9.17) is 4.98 Å². The number of anilines is 1. The molecule has 0 aromatic carbocycles. The van der Waals surface area contributed by atoms with Gasteiger partial charge in [-0.05, 0) is 37.9 Å². The molecule has 18 heavy (non-hydrogen) atoms. The highest BCUT2D eigenvalue weighted by Crippen LogP contribution is 2.27. The first kappa shape index (κ1) is 11.5. The van der Waals surface area contributed by atoms with E-state index in [2.05, 4.69) is 29.0 Å². The zero-order valence-corrected chi connectivity index (χ0v) is 10.8. The van der Waals surface area contributed by atoms with Crippen molar-refractivity contribution in [2.45, 2.75) is 19.3 Å². The molecule has 1 aromatic heterocycles. The van der Waals surface area contributed by atoms with Gasteiger partial charge in [0.15, 0.2) is 0 Å². The maximum absolute atomic E-state index is 9.31. The standard InChI is InChI=1S/C14H18N4/c1-17-5-7-18(8-6-17)14-12(10-15)9-11-3-2-4-13(11)16-14/h9H,2-8H2,1H3. The first-order chi connectivity index (χ1) is 8.78. The van der Waals surface area contributed by atoms with Crippen molar-refractivity contribution in [2.24, 2.45) is 0 Å². The molecular formula is C14H18N4. The Morgan fingerprint density at radius 1 is 1.22 bits per heavy atom. The molecule has 3 rings (SSSR count).